The van der Waals surface area contributed by atoms with Gasteiger partial charge in [-0.25, -0.2) is 12.8 Å². The van der Waals surface area contributed by atoms with Crippen molar-refractivity contribution < 1.29 is 22.4 Å². The quantitative estimate of drug-likeness (QED) is 0.375. The lowest BCUT2D eigenvalue weighted by Gasteiger charge is -2.34. The average molecular weight is 540 g/mol. The molecule has 7 nitrogen and oxygen atoms in total. The molecule has 3 aromatic rings. The van der Waals surface area contributed by atoms with Gasteiger partial charge in [0.1, 0.15) is 18.4 Å². The summed E-state index contributed by atoms with van der Waals surface area (Å²) < 4.78 is 40.0. The highest BCUT2D eigenvalue weighted by Crippen LogP contribution is 2.20. The summed E-state index contributed by atoms with van der Waals surface area (Å²) in [6.45, 7) is 3.33. The molecule has 38 heavy (non-hydrogen) atoms. The molecule has 0 saturated heterocycles. The number of nitrogens with zero attached hydrogens (tertiary/aromatic N) is 2. The van der Waals surface area contributed by atoms with Crippen LogP contribution in [-0.4, -0.2) is 50.0 Å². The molecule has 0 radical (unpaired) electrons. The van der Waals surface area contributed by atoms with Gasteiger partial charge in [0.05, 0.1) is 11.9 Å². The van der Waals surface area contributed by atoms with Crippen LogP contribution in [0.2, 0.25) is 0 Å². The Morgan fingerprint density at radius 3 is 2.03 bits per heavy atom. The molecule has 2 amide bonds. The molecule has 0 spiro atoms. The molecule has 202 valence electrons. The number of amides is 2. The molecular formula is C29H34FN3O4S. The Bertz CT molecular complexity index is 1300. The number of hydrogen-bond donors (Lipinski definition) is 1. The van der Waals surface area contributed by atoms with Crippen molar-refractivity contribution in [2.75, 3.05) is 17.1 Å². The van der Waals surface area contributed by atoms with E-state index in [1.165, 1.54) is 17.0 Å². The highest BCUT2D eigenvalue weighted by atomic mass is 32.2. The second kappa shape index (κ2) is 13.2. The molecule has 0 unspecified atom stereocenters. The molecule has 0 aliphatic heterocycles. The standard InChI is InChI=1S/C29H34FN3O4S/c1-4-22(2)31-29(35)27(19-23-11-7-5-8-12-23)32(20-24-15-17-25(30)18-16-24)28(34)21-33(38(3,36)37)26-13-9-6-10-14-26/h5-18,22,27H,4,19-21H2,1-3H3,(H,31,35)/t22-,27-/m1/s1. The molecule has 9 heteroatoms. The number of carbonyl (C=O) groups excluding carboxylic acids is 2. The van der Waals surface area contributed by atoms with E-state index in [1.54, 1.807) is 42.5 Å². The number of benzene rings is 3. The third-order valence-corrected chi connectivity index (χ3v) is 7.40. The van der Waals surface area contributed by atoms with E-state index in [-0.39, 0.29) is 24.9 Å². The Morgan fingerprint density at radius 1 is 0.895 bits per heavy atom. The highest BCUT2D eigenvalue weighted by molar-refractivity contribution is 7.92. The minimum atomic E-state index is -3.82. The third-order valence-electron chi connectivity index (χ3n) is 6.26. The van der Waals surface area contributed by atoms with Crippen molar-refractivity contribution >= 4 is 27.5 Å². The second-order valence-corrected chi connectivity index (χ2v) is 11.2. The van der Waals surface area contributed by atoms with Gasteiger partial charge in [-0.1, -0.05) is 67.6 Å². The minimum Gasteiger partial charge on any atom is -0.352 e. The fraction of sp³-hybridized carbons (Fsp3) is 0.310. The molecule has 0 aromatic heterocycles. The van der Waals surface area contributed by atoms with Crippen LogP contribution in [0.1, 0.15) is 31.4 Å². The zero-order valence-electron chi connectivity index (χ0n) is 21.9. The van der Waals surface area contributed by atoms with Crippen molar-refractivity contribution in [1.29, 1.82) is 0 Å². The smallest absolute Gasteiger partial charge is 0.244 e. The van der Waals surface area contributed by atoms with Crippen LogP contribution < -0.4 is 9.62 Å². The van der Waals surface area contributed by atoms with E-state index in [9.17, 15) is 22.4 Å². The molecule has 3 aromatic carbocycles. The lowest BCUT2D eigenvalue weighted by Crippen LogP contribution is -2.54. The van der Waals surface area contributed by atoms with Gasteiger partial charge >= 0.3 is 0 Å². The number of anilines is 1. The van der Waals surface area contributed by atoms with Gasteiger partial charge in [-0.2, -0.15) is 0 Å². The van der Waals surface area contributed by atoms with E-state index in [4.69, 9.17) is 0 Å². The Kier molecular flexibility index (Phi) is 10.0. The fourth-order valence-electron chi connectivity index (χ4n) is 3.99. The molecule has 1 N–H and O–H groups in total. The fourth-order valence-corrected chi connectivity index (χ4v) is 4.84. The molecule has 0 aliphatic rings. The minimum absolute atomic E-state index is 0.00304. The number of nitrogens with one attached hydrogen (secondary N) is 1. The van der Waals surface area contributed by atoms with E-state index >= 15 is 0 Å². The van der Waals surface area contributed by atoms with Crippen molar-refractivity contribution in [1.82, 2.24) is 10.2 Å². The lowest BCUT2D eigenvalue weighted by molar-refractivity contribution is -0.140. The number of halogens is 1. The SMILES string of the molecule is CC[C@@H](C)NC(=O)[C@@H](Cc1ccccc1)N(Cc1ccc(F)cc1)C(=O)CN(c1ccccc1)S(C)(=O)=O. The zero-order valence-corrected chi connectivity index (χ0v) is 22.7. The molecular weight excluding hydrogens is 505 g/mol. The Balaban J connectivity index is 2.03. The Hall–Kier alpha value is -3.72. The summed E-state index contributed by atoms with van der Waals surface area (Å²) in [5.74, 6) is -1.32. The van der Waals surface area contributed by atoms with Gasteiger partial charge in [-0.3, -0.25) is 13.9 Å². The first-order chi connectivity index (χ1) is 18.1. The van der Waals surface area contributed by atoms with Gasteiger partial charge in [0.25, 0.3) is 0 Å². The van der Waals surface area contributed by atoms with Gasteiger partial charge in [-0.15, -0.1) is 0 Å². The molecule has 0 heterocycles. The van der Waals surface area contributed by atoms with Crippen molar-refractivity contribution in [3.05, 3.63) is 102 Å². The second-order valence-electron chi connectivity index (χ2n) is 9.28. The molecule has 3 rings (SSSR count). The first kappa shape index (κ1) is 28.8. The average Bonchev–Trinajstić information content (AvgIpc) is 2.90. The summed E-state index contributed by atoms with van der Waals surface area (Å²) in [6.07, 6.45) is 1.96. The van der Waals surface area contributed by atoms with E-state index in [2.05, 4.69) is 5.32 Å². The van der Waals surface area contributed by atoms with Crippen LogP contribution in [0, 0.1) is 5.82 Å². The Morgan fingerprint density at radius 2 is 1.47 bits per heavy atom. The predicted octanol–water partition coefficient (Wildman–Crippen LogP) is 4.15. The summed E-state index contributed by atoms with van der Waals surface area (Å²) in [5.41, 5.74) is 1.80. The lowest BCUT2D eigenvalue weighted by atomic mass is 10.0. The van der Waals surface area contributed by atoms with Crippen molar-refractivity contribution in [3.8, 4) is 0 Å². The van der Waals surface area contributed by atoms with Crippen LogP contribution >= 0.6 is 0 Å². The number of carbonyl (C=O) groups is 2. The molecule has 0 fully saturated rings. The van der Waals surface area contributed by atoms with Gasteiger partial charge in [-0.05, 0) is 48.7 Å². The maximum Gasteiger partial charge on any atom is 0.244 e. The highest BCUT2D eigenvalue weighted by Gasteiger charge is 2.33. The van der Waals surface area contributed by atoms with Gasteiger partial charge in [0.15, 0.2) is 0 Å². The largest absolute Gasteiger partial charge is 0.352 e. The van der Waals surface area contributed by atoms with Gasteiger partial charge < -0.3 is 10.2 Å². The number of sulfonamides is 1. The monoisotopic (exact) mass is 539 g/mol. The van der Waals surface area contributed by atoms with Crippen LogP contribution in [-0.2, 0) is 32.6 Å². The van der Waals surface area contributed by atoms with Crippen molar-refractivity contribution in [2.45, 2.75) is 45.3 Å². The van der Waals surface area contributed by atoms with Crippen LogP contribution in [0.5, 0.6) is 0 Å². The maximum absolute atomic E-state index is 13.9. The molecule has 0 saturated carbocycles. The third kappa shape index (κ3) is 8.14. The summed E-state index contributed by atoms with van der Waals surface area (Å²) >= 11 is 0. The van der Waals surface area contributed by atoms with E-state index in [0.29, 0.717) is 17.7 Å². The van der Waals surface area contributed by atoms with Gasteiger partial charge in [0, 0.05) is 19.0 Å². The van der Waals surface area contributed by atoms with Crippen LogP contribution in [0.3, 0.4) is 0 Å². The van der Waals surface area contributed by atoms with Crippen LogP contribution in [0.4, 0.5) is 10.1 Å². The molecule has 0 aliphatic carbocycles. The number of rotatable bonds is 12. The zero-order chi connectivity index (χ0) is 27.7. The van der Waals surface area contributed by atoms with Crippen LogP contribution in [0.25, 0.3) is 0 Å². The number of para-hydroxylation sites is 1. The maximum atomic E-state index is 13.9. The summed E-state index contributed by atoms with van der Waals surface area (Å²) in [7, 11) is -3.82. The topological polar surface area (TPSA) is 86.8 Å². The molecule has 0 bridgehead atoms. The van der Waals surface area contributed by atoms with Crippen LogP contribution in [0.15, 0.2) is 84.9 Å². The first-order valence-corrected chi connectivity index (χ1v) is 14.3. The summed E-state index contributed by atoms with van der Waals surface area (Å²) in [4.78, 5) is 28.9. The van der Waals surface area contributed by atoms with E-state index in [1.807, 2.05) is 44.2 Å². The van der Waals surface area contributed by atoms with Crippen molar-refractivity contribution in [2.24, 2.45) is 0 Å². The van der Waals surface area contributed by atoms with E-state index < -0.39 is 34.3 Å². The predicted molar refractivity (Wildman–Crippen MR) is 147 cm³/mol. The Labute approximate surface area is 224 Å². The summed E-state index contributed by atoms with van der Waals surface area (Å²) in [6, 6.07) is 22.3. The van der Waals surface area contributed by atoms with Crippen molar-refractivity contribution in [3.63, 3.8) is 0 Å². The first-order valence-electron chi connectivity index (χ1n) is 12.5. The summed E-state index contributed by atoms with van der Waals surface area (Å²) in [5, 5.41) is 2.97. The number of hydrogen-bond acceptors (Lipinski definition) is 4. The van der Waals surface area contributed by atoms with Gasteiger partial charge in [0.2, 0.25) is 21.8 Å². The normalized spacial score (nSPS) is 12.8. The van der Waals surface area contributed by atoms with E-state index in [0.717, 1.165) is 16.1 Å². The molecule has 2 atom stereocenters.